The molecule has 3 atom stereocenters. The molecular formula is C12H20S. The Bertz CT molecular complexity index is 186. The van der Waals surface area contributed by atoms with Gasteiger partial charge in [0.05, 0.1) is 0 Å². The van der Waals surface area contributed by atoms with Crippen molar-refractivity contribution < 1.29 is 0 Å². The third kappa shape index (κ3) is 2.31. The summed E-state index contributed by atoms with van der Waals surface area (Å²) in [6, 6.07) is 0. The van der Waals surface area contributed by atoms with E-state index in [1.165, 1.54) is 44.9 Å². The van der Waals surface area contributed by atoms with Crippen LogP contribution in [0.2, 0.25) is 0 Å². The van der Waals surface area contributed by atoms with Crippen LogP contribution in [0.25, 0.3) is 0 Å². The predicted molar refractivity (Wildman–Crippen MR) is 61.2 cm³/mol. The summed E-state index contributed by atoms with van der Waals surface area (Å²) >= 11 is 4.73. The largest absolute Gasteiger partial charge is 0.176 e. The minimum Gasteiger partial charge on any atom is -0.176 e. The van der Waals surface area contributed by atoms with Crippen LogP contribution in [0.3, 0.4) is 0 Å². The van der Waals surface area contributed by atoms with Crippen LogP contribution >= 0.6 is 12.6 Å². The van der Waals surface area contributed by atoms with Crippen molar-refractivity contribution in [2.75, 3.05) is 0 Å². The van der Waals surface area contributed by atoms with Crippen molar-refractivity contribution in [1.29, 1.82) is 0 Å². The molecule has 2 aliphatic carbocycles. The highest BCUT2D eigenvalue weighted by atomic mass is 32.1. The van der Waals surface area contributed by atoms with Gasteiger partial charge >= 0.3 is 0 Å². The van der Waals surface area contributed by atoms with Crippen LogP contribution in [0.5, 0.6) is 0 Å². The van der Waals surface area contributed by atoms with E-state index < -0.39 is 0 Å². The lowest BCUT2D eigenvalue weighted by atomic mass is 9.76. The Morgan fingerprint density at radius 2 is 1.85 bits per heavy atom. The first-order valence-electron chi connectivity index (χ1n) is 5.72. The molecule has 1 heteroatoms. The maximum absolute atomic E-state index is 4.73. The number of thiol groups is 1. The molecule has 0 aliphatic heterocycles. The summed E-state index contributed by atoms with van der Waals surface area (Å²) in [5.41, 5.74) is 0. The molecule has 0 nitrogen and oxygen atoms in total. The van der Waals surface area contributed by atoms with Gasteiger partial charge in [0.15, 0.2) is 0 Å². The fourth-order valence-corrected chi connectivity index (χ4v) is 3.39. The Labute approximate surface area is 87.2 Å². The minimum absolute atomic E-state index is 0.682. The molecule has 0 radical (unpaired) electrons. The van der Waals surface area contributed by atoms with Crippen LogP contribution in [0, 0.1) is 11.8 Å². The van der Waals surface area contributed by atoms with Gasteiger partial charge in [0.2, 0.25) is 0 Å². The van der Waals surface area contributed by atoms with Crippen molar-refractivity contribution in [3.63, 3.8) is 0 Å². The van der Waals surface area contributed by atoms with Gasteiger partial charge in [-0.25, -0.2) is 0 Å². The number of hydrogen-bond donors (Lipinski definition) is 1. The third-order valence-corrected chi connectivity index (χ3v) is 4.26. The second kappa shape index (κ2) is 4.54. The van der Waals surface area contributed by atoms with Crippen LogP contribution in [0.4, 0.5) is 0 Å². The minimum atomic E-state index is 0.682. The Balaban J connectivity index is 1.96. The second-order valence-corrected chi connectivity index (χ2v) is 5.20. The van der Waals surface area contributed by atoms with Crippen LogP contribution in [-0.4, -0.2) is 5.25 Å². The average Bonchev–Trinajstić information content (AvgIpc) is 2.20. The highest BCUT2D eigenvalue weighted by Crippen LogP contribution is 2.37. The van der Waals surface area contributed by atoms with Gasteiger partial charge in [-0.2, -0.15) is 12.6 Å². The molecule has 1 fully saturated rings. The Kier molecular flexibility index (Phi) is 3.37. The summed E-state index contributed by atoms with van der Waals surface area (Å²) in [6.07, 6.45) is 14.6. The highest BCUT2D eigenvalue weighted by Gasteiger charge is 2.28. The summed E-state index contributed by atoms with van der Waals surface area (Å²) in [5.74, 6) is 1.74. The lowest BCUT2D eigenvalue weighted by molar-refractivity contribution is 0.278. The van der Waals surface area contributed by atoms with Gasteiger partial charge in [-0.15, -0.1) is 0 Å². The zero-order chi connectivity index (χ0) is 9.10. The van der Waals surface area contributed by atoms with Crippen molar-refractivity contribution in [2.45, 2.75) is 50.2 Å². The van der Waals surface area contributed by atoms with Crippen LogP contribution in [0.1, 0.15) is 44.9 Å². The SMILES string of the molecule is SC1CCCCC1C1C=CCCC1. The first-order valence-corrected chi connectivity index (χ1v) is 6.24. The van der Waals surface area contributed by atoms with Gasteiger partial charge < -0.3 is 0 Å². The molecule has 3 unspecified atom stereocenters. The molecule has 0 saturated heterocycles. The molecular weight excluding hydrogens is 176 g/mol. The maximum Gasteiger partial charge on any atom is 0.00507 e. The first kappa shape index (κ1) is 9.64. The lowest BCUT2D eigenvalue weighted by Crippen LogP contribution is -2.27. The molecule has 0 aromatic carbocycles. The molecule has 0 bridgehead atoms. The van der Waals surface area contributed by atoms with E-state index in [1.807, 2.05) is 0 Å². The molecule has 0 aromatic rings. The third-order valence-electron chi connectivity index (χ3n) is 3.62. The lowest BCUT2D eigenvalue weighted by Gasteiger charge is -2.34. The molecule has 0 heterocycles. The summed E-state index contributed by atoms with van der Waals surface area (Å²) in [6.45, 7) is 0. The van der Waals surface area contributed by atoms with Crippen molar-refractivity contribution in [3.8, 4) is 0 Å². The van der Waals surface area contributed by atoms with Gasteiger partial charge in [0.1, 0.15) is 0 Å². The zero-order valence-electron chi connectivity index (χ0n) is 8.28. The predicted octanol–water partition coefficient (Wildman–Crippen LogP) is 3.83. The van der Waals surface area contributed by atoms with E-state index in [-0.39, 0.29) is 0 Å². The number of allylic oxidation sites excluding steroid dienone is 2. The van der Waals surface area contributed by atoms with E-state index >= 15 is 0 Å². The van der Waals surface area contributed by atoms with Gasteiger partial charge in [-0.1, -0.05) is 25.0 Å². The highest BCUT2D eigenvalue weighted by molar-refractivity contribution is 7.81. The van der Waals surface area contributed by atoms with Crippen molar-refractivity contribution in [3.05, 3.63) is 12.2 Å². The van der Waals surface area contributed by atoms with Crippen LogP contribution in [0.15, 0.2) is 12.2 Å². The van der Waals surface area contributed by atoms with E-state index in [9.17, 15) is 0 Å². The molecule has 0 amide bonds. The summed E-state index contributed by atoms with van der Waals surface area (Å²) in [4.78, 5) is 0. The van der Waals surface area contributed by atoms with E-state index in [1.54, 1.807) is 0 Å². The summed E-state index contributed by atoms with van der Waals surface area (Å²) < 4.78 is 0. The first-order chi connectivity index (χ1) is 6.38. The smallest absolute Gasteiger partial charge is 0.00507 e. The van der Waals surface area contributed by atoms with Crippen molar-refractivity contribution in [2.24, 2.45) is 11.8 Å². The molecule has 1 saturated carbocycles. The Hall–Kier alpha value is 0.0900. The fraction of sp³-hybridized carbons (Fsp3) is 0.833. The molecule has 2 rings (SSSR count). The van der Waals surface area contributed by atoms with Gasteiger partial charge in [-0.05, 0) is 43.9 Å². The maximum atomic E-state index is 4.73. The van der Waals surface area contributed by atoms with Crippen molar-refractivity contribution >= 4 is 12.6 Å². The van der Waals surface area contributed by atoms with Crippen LogP contribution in [-0.2, 0) is 0 Å². The Morgan fingerprint density at radius 1 is 1.00 bits per heavy atom. The van der Waals surface area contributed by atoms with E-state index in [0.717, 1.165) is 11.8 Å². The monoisotopic (exact) mass is 196 g/mol. The van der Waals surface area contributed by atoms with Gasteiger partial charge in [-0.3, -0.25) is 0 Å². The average molecular weight is 196 g/mol. The topological polar surface area (TPSA) is 0 Å². The Morgan fingerprint density at radius 3 is 2.54 bits per heavy atom. The normalized spacial score (nSPS) is 40.5. The fourth-order valence-electron chi connectivity index (χ4n) is 2.83. The zero-order valence-corrected chi connectivity index (χ0v) is 9.18. The summed E-state index contributed by atoms with van der Waals surface area (Å²) in [7, 11) is 0. The molecule has 0 spiro atoms. The molecule has 13 heavy (non-hydrogen) atoms. The van der Waals surface area contributed by atoms with E-state index in [4.69, 9.17) is 12.6 Å². The molecule has 2 aliphatic rings. The second-order valence-electron chi connectivity index (χ2n) is 4.54. The van der Waals surface area contributed by atoms with Crippen LogP contribution < -0.4 is 0 Å². The standard InChI is InChI=1S/C12H20S/c13-12-9-5-4-8-11(12)10-6-2-1-3-7-10/h2,6,10-13H,1,3-5,7-9H2. The van der Waals surface area contributed by atoms with Crippen molar-refractivity contribution in [1.82, 2.24) is 0 Å². The summed E-state index contributed by atoms with van der Waals surface area (Å²) in [5, 5.41) is 0.682. The molecule has 0 aromatic heterocycles. The molecule has 0 N–H and O–H groups in total. The quantitative estimate of drug-likeness (QED) is 0.478. The van der Waals surface area contributed by atoms with Gasteiger partial charge in [0, 0.05) is 5.25 Å². The van der Waals surface area contributed by atoms with Gasteiger partial charge in [0.25, 0.3) is 0 Å². The van der Waals surface area contributed by atoms with E-state index in [2.05, 4.69) is 12.2 Å². The number of rotatable bonds is 1. The molecule has 74 valence electrons. The number of hydrogen-bond acceptors (Lipinski definition) is 1. The van der Waals surface area contributed by atoms with E-state index in [0.29, 0.717) is 5.25 Å².